The van der Waals surface area contributed by atoms with Gasteiger partial charge in [0.2, 0.25) is 0 Å². The molecule has 0 N–H and O–H groups in total. The van der Waals surface area contributed by atoms with Crippen LogP contribution in [-0.2, 0) is 25.2 Å². The largest absolute Gasteiger partial charge is 0.408 e. The molecule has 1 unspecified atom stereocenters. The number of rotatable bonds is 6. The molecule has 2 aromatic rings. The number of nitrogens with zero attached hydrogens (tertiary/aromatic N) is 1. The topological polar surface area (TPSA) is 48.4 Å². The highest BCUT2D eigenvalue weighted by atomic mass is 28.4. The van der Waals surface area contributed by atoms with Crippen LogP contribution in [0.1, 0.15) is 65.1 Å². The van der Waals surface area contributed by atoms with E-state index in [-0.39, 0.29) is 10.7 Å². The summed E-state index contributed by atoms with van der Waals surface area (Å²) in [4.78, 5) is 16.8. The maximum Gasteiger partial charge on any atom is 0.193 e. The van der Waals surface area contributed by atoms with Crippen molar-refractivity contribution in [3.63, 3.8) is 0 Å². The number of benzene rings is 1. The van der Waals surface area contributed by atoms with E-state index in [9.17, 15) is 9.18 Å². The predicted molar refractivity (Wildman–Crippen MR) is 128 cm³/mol. The zero-order valence-corrected chi connectivity index (χ0v) is 21.7. The van der Waals surface area contributed by atoms with E-state index in [2.05, 4.69) is 38.8 Å². The third-order valence-electron chi connectivity index (χ3n) is 6.97. The van der Waals surface area contributed by atoms with E-state index < -0.39 is 31.2 Å². The fourth-order valence-electron chi connectivity index (χ4n) is 4.00. The molecule has 0 radical (unpaired) electrons. The summed E-state index contributed by atoms with van der Waals surface area (Å²) in [7, 11) is -2.27. The SMILES string of the molecule is CC(C)(O[Si](C)(C)C(C)(C)C)c1cc(C2(C=O)CCCCO2)nc(-c2ccc(F)cc2)c1F. The fourth-order valence-corrected chi connectivity index (χ4v) is 5.69. The minimum Gasteiger partial charge on any atom is -0.408 e. The lowest BCUT2D eigenvalue weighted by Gasteiger charge is -2.43. The Morgan fingerprint density at radius 3 is 2.24 bits per heavy atom. The lowest BCUT2D eigenvalue weighted by atomic mass is 9.87. The Morgan fingerprint density at radius 1 is 1.09 bits per heavy atom. The number of ether oxygens (including phenoxy) is 1. The Labute approximate surface area is 196 Å². The standard InChI is InChI=1S/C26H35F2NO3Si/c1-24(2,3)33(6,7)32-25(4,5)20-16-21(26(17-30)14-8-9-15-31-26)29-23(22(20)28)18-10-12-19(27)13-11-18/h10-13,16-17H,8-9,14-15H2,1-7H3. The van der Waals surface area contributed by atoms with Crippen molar-refractivity contribution in [3.05, 3.63) is 53.2 Å². The zero-order chi connectivity index (χ0) is 24.7. The Morgan fingerprint density at radius 2 is 1.73 bits per heavy atom. The molecule has 1 aromatic carbocycles. The van der Waals surface area contributed by atoms with Crippen LogP contribution in [-0.4, -0.2) is 26.2 Å². The summed E-state index contributed by atoms with van der Waals surface area (Å²) in [5, 5.41) is -0.0765. The van der Waals surface area contributed by atoms with E-state index in [0.717, 1.165) is 19.1 Å². The Bertz CT molecular complexity index is 1010. The molecule has 0 spiro atoms. The van der Waals surface area contributed by atoms with E-state index in [4.69, 9.17) is 9.16 Å². The van der Waals surface area contributed by atoms with Crippen LogP contribution in [0.3, 0.4) is 0 Å². The minimum absolute atomic E-state index is 0.0600. The van der Waals surface area contributed by atoms with Crippen molar-refractivity contribution < 1.29 is 22.7 Å². The molecular weight excluding hydrogens is 440 g/mol. The average molecular weight is 476 g/mol. The monoisotopic (exact) mass is 475 g/mol. The molecule has 1 saturated heterocycles. The number of halogens is 2. The van der Waals surface area contributed by atoms with Crippen molar-refractivity contribution >= 4 is 14.6 Å². The van der Waals surface area contributed by atoms with Gasteiger partial charge in [-0.2, -0.15) is 0 Å². The molecule has 0 aliphatic carbocycles. The normalized spacial score (nSPS) is 20.0. The third-order valence-corrected chi connectivity index (χ3v) is 11.6. The molecule has 3 rings (SSSR count). The Kier molecular flexibility index (Phi) is 7.00. The summed E-state index contributed by atoms with van der Waals surface area (Å²) in [5.41, 5.74) is -1.06. The highest BCUT2D eigenvalue weighted by Crippen LogP contribution is 2.44. The summed E-state index contributed by atoms with van der Waals surface area (Å²) >= 11 is 0. The van der Waals surface area contributed by atoms with Crippen LogP contribution in [0.15, 0.2) is 30.3 Å². The first kappa shape index (κ1) is 25.7. The number of hydrogen-bond donors (Lipinski definition) is 0. The van der Waals surface area contributed by atoms with Gasteiger partial charge in [-0.1, -0.05) is 20.8 Å². The molecule has 0 bridgehead atoms. The molecule has 1 aliphatic heterocycles. The van der Waals surface area contributed by atoms with Crippen molar-refractivity contribution in [2.24, 2.45) is 0 Å². The second-order valence-corrected chi connectivity index (χ2v) is 15.6. The zero-order valence-electron chi connectivity index (χ0n) is 20.7. The molecule has 1 fully saturated rings. The number of hydrogen-bond acceptors (Lipinski definition) is 4. The molecule has 7 heteroatoms. The maximum absolute atomic E-state index is 16.1. The molecule has 1 atom stereocenters. The number of carbonyl (C=O) groups excluding carboxylic acids is 1. The van der Waals surface area contributed by atoms with Crippen molar-refractivity contribution in [2.45, 2.75) is 83.2 Å². The molecule has 33 heavy (non-hydrogen) atoms. The van der Waals surface area contributed by atoms with Crippen molar-refractivity contribution in [1.82, 2.24) is 4.98 Å². The third kappa shape index (κ3) is 5.10. The summed E-state index contributed by atoms with van der Waals surface area (Å²) in [6.45, 7) is 14.8. The van der Waals surface area contributed by atoms with Gasteiger partial charge < -0.3 is 9.16 Å². The van der Waals surface area contributed by atoms with Gasteiger partial charge in [0.25, 0.3) is 0 Å². The van der Waals surface area contributed by atoms with Gasteiger partial charge in [-0.25, -0.2) is 13.8 Å². The van der Waals surface area contributed by atoms with Gasteiger partial charge in [0.15, 0.2) is 26.0 Å². The number of aldehydes is 1. The summed E-state index contributed by atoms with van der Waals surface area (Å²) in [6.07, 6.45) is 2.91. The number of aromatic nitrogens is 1. The van der Waals surface area contributed by atoms with Crippen LogP contribution in [0.4, 0.5) is 8.78 Å². The van der Waals surface area contributed by atoms with Crippen LogP contribution >= 0.6 is 0 Å². The van der Waals surface area contributed by atoms with Gasteiger partial charge in [-0.3, -0.25) is 4.79 Å². The molecule has 1 aromatic heterocycles. The molecule has 2 heterocycles. The van der Waals surface area contributed by atoms with Crippen molar-refractivity contribution in [3.8, 4) is 11.3 Å². The highest BCUT2D eigenvalue weighted by molar-refractivity contribution is 6.74. The lowest BCUT2D eigenvalue weighted by Crippen LogP contribution is -2.47. The van der Waals surface area contributed by atoms with Crippen LogP contribution in [0.25, 0.3) is 11.3 Å². The van der Waals surface area contributed by atoms with E-state index in [1.54, 1.807) is 6.07 Å². The quantitative estimate of drug-likeness (QED) is 0.338. The van der Waals surface area contributed by atoms with E-state index in [0.29, 0.717) is 29.8 Å². The lowest BCUT2D eigenvalue weighted by molar-refractivity contribution is -0.140. The second-order valence-electron chi connectivity index (χ2n) is 10.9. The molecule has 4 nitrogen and oxygen atoms in total. The number of pyridine rings is 1. The van der Waals surface area contributed by atoms with Gasteiger partial charge in [-0.05, 0) is 81.6 Å². The smallest absolute Gasteiger partial charge is 0.193 e. The summed E-state index contributed by atoms with van der Waals surface area (Å²) < 4.78 is 42.2. The van der Waals surface area contributed by atoms with Crippen molar-refractivity contribution in [2.75, 3.05) is 6.61 Å². The van der Waals surface area contributed by atoms with E-state index >= 15 is 4.39 Å². The van der Waals surface area contributed by atoms with Crippen LogP contribution in [0, 0.1) is 11.6 Å². The predicted octanol–water partition coefficient (Wildman–Crippen LogP) is 6.88. The van der Waals surface area contributed by atoms with Gasteiger partial charge in [0, 0.05) is 17.7 Å². The first-order valence-electron chi connectivity index (χ1n) is 11.5. The molecule has 0 amide bonds. The van der Waals surface area contributed by atoms with E-state index in [1.165, 1.54) is 24.3 Å². The maximum atomic E-state index is 16.1. The highest BCUT2D eigenvalue weighted by Gasteiger charge is 2.44. The second kappa shape index (κ2) is 9.00. The molecular formula is C26H35F2NO3Si. The van der Waals surface area contributed by atoms with Crippen LogP contribution in [0.5, 0.6) is 0 Å². The number of carbonyl (C=O) groups is 1. The average Bonchev–Trinajstić information content (AvgIpc) is 2.73. The summed E-state index contributed by atoms with van der Waals surface area (Å²) in [6, 6.07) is 7.14. The fraction of sp³-hybridized carbons (Fsp3) is 0.538. The molecule has 1 aliphatic rings. The van der Waals surface area contributed by atoms with Gasteiger partial charge in [0.1, 0.15) is 11.5 Å². The van der Waals surface area contributed by atoms with Gasteiger partial charge in [-0.15, -0.1) is 0 Å². The summed E-state index contributed by atoms with van der Waals surface area (Å²) in [5.74, 6) is -0.956. The Balaban J connectivity index is 2.23. The van der Waals surface area contributed by atoms with Crippen molar-refractivity contribution in [1.29, 1.82) is 0 Å². The molecule has 0 saturated carbocycles. The molecule has 180 valence electrons. The first-order valence-corrected chi connectivity index (χ1v) is 14.4. The van der Waals surface area contributed by atoms with E-state index in [1.807, 2.05) is 13.8 Å². The minimum atomic E-state index is -2.27. The van der Waals surface area contributed by atoms with Crippen LogP contribution < -0.4 is 0 Å². The van der Waals surface area contributed by atoms with Crippen LogP contribution in [0.2, 0.25) is 18.1 Å². The van der Waals surface area contributed by atoms with Gasteiger partial charge >= 0.3 is 0 Å². The van der Waals surface area contributed by atoms with Gasteiger partial charge in [0.05, 0.1) is 11.3 Å². The Hall–Kier alpha value is -1.96. The first-order chi connectivity index (χ1) is 15.2.